The minimum atomic E-state index is -0.678. The average Bonchev–Trinajstić information content (AvgIpc) is 3.16. The van der Waals surface area contributed by atoms with E-state index in [1.54, 1.807) is 36.4 Å². The van der Waals surface area contributed by atoms with Crippen molar-refractivity contribution in [2.24, 2.45) is 0 Å². The van der Waals surface area contributed by atoms with Crippen LogP contribution < -0.4 is 11.2 Å². The Balaban J connectivity index is 1.46. The molecule has 0 atom stereocenters. The summed E-state index contributed by atoms with van der Waals surface area (Å²) in [6.45, 7) is 2.43. The normalized spacial score (nSPS) is 13.4. The van der Waals surface area contributed by atoms with Crippen LogP contribution in [0.1, 0.15) is 27.4 Å². The van der Waals surface area contributed by atoms with Gasteiger partial charge in [-0.1, -0.05) is 0 Å². The fourth-order valence-corrected chi connectivity index (χ4v) is 3.93. The summed E-state index contributed by atoms with van der Waals surface area (Å²) in [5, 5.41) is 0.245. The molecule has 1 aliphatic heterocycles. The van der Waals surface area contributed by atoms with Gasteiger partial charge in [-0.2, -0.15) is 0 Å². The Bertz CT molecular complexity index is 1450. The Labute approximate surface area is 174 Å². The van der Waals surface area contributed by atoms with Crippen molar-refractivity contribution in [3.63, 3.8) is 0 Å². The first-order chi connectivity index (χ1) is 14.9. The molecule has 10 heteroatoms. The van der Waals surface area contributed by atoms with Crippen molar-refractivity contribution in [3.05, 3.63) is 86.0 Å². The molecule has 0 aliphatic carbocycles. The lowest BCUT2D eigenvalue weighted by molar-refractivity contribution is 0.0725. The van der Waals surface area contributed by atoms with E-state index in [2.05, 4.69) is 19.9 Å². The summed E-state index contributed by atoms with van der Waals surface area (Å²) in [4.78, 5) is 51.7. The average molecular weight is 420 g/mol. The summed E-state index contributed by atoms with van der Waals surface area (Å²) >= 11 is 0. The van der Waals surface area contributed by atoms with Crippen molar-refractivity contribution in [1.29, 1.82) is 0 Å². The van der Waals surface area contributed by atoms with E-state index >= 15 is 0 Å². The van der Waals surface area contributed by atoms with Crippen LogP contribution in [-0.4, -0.2) is 41.9 Å². The maximum atomic E-state index is 13.2. The molecule has 31 heavy (non-hydrogen) atoms. The summed E-state index contributed by atoms with van der Waals surface area (Å²) in [5.41, 5.74) is 2.07. The summed E-state index contributed by atoms with van der Waals surface area (Å²) in [6.07, 6.45) is 2.24. The molecule has 1 amide bonds. The fourth-order valence-electron chi connectivity index (χ4n) is 3.93. The Morgan fingerprint density at radius 1 is 1.16 bits per heavy atom. The topological polar surface area (TPSA) is 117 Å². The van der Waals surface area contributed by atoms with E-state index in [4.69, 9.17) is 0 Å². The van der Waals surface area contributed by atoms with E-state index in [1.807, 2.05) is 4.57 Å². The van der Waals surface area contributed by atoms with Gasteiger partial charge >= 0.3 is 5.69 Å². The summed E-state index contributed by atoms with van der Waals surface area (Å²) < 4.78 is 15.1. The lowest BCUT2D eigenvalue weighted by Gasteiger charge is -2.27. The molecule has 0 radical (unpaired) electrons. The molecule has 4 aromatic rings. The maximum Gasteiger partial charge on any atom is 0.327 e. The molecular formula is C21H17FN6O3. The Morgan fingerprint density at radius 2 is 1.94 bits per heavy atom. The first kappa shape index (κ1) is 18.9. The second-order valence-electron chi connectivity index (χ2n) is 7.42. The van der Waals surface area contributed by atoms with Gasteiger partial charge in [0.15, 0.2) is 0 Å². The summed E-state index contributed by atoms with van der Waals surface area (Å²) in [6, 6.07) is 7.69. The third-order valence-electron chi connectivity index (χ3n) is 5.43. The third-order valence-corrected chi connectivity index (χ3v) is 5.43. The van der Waals surface area contributed by atoms with Crippen LogP contribution in [0.3, 0.4) is 0 Å². The molecule has 0 saturated heterocycles. The largest absolute Gasteiger partial charge is 0.331 e. The highest BCUT2D eigenvalue weighted by Crippen LogP contribution is 2.23. The zero-order valence-corrected chi connectivity index (χ0v) is 16.5. The molecule has 0 fully saturated rings. The minimum absolute atomic E-state index is 0.0791. The van der Waals surface area contributed by atoms with Crippen molar-refractivity contribution >= 4 is 16.9 Å². The SMILES string of the molecule is Cc1cc(C(=O)N2CCc3c(ncn3-c3ccc(F)cc3)C2)nc2[nH]c(=O)[nH]c(=O)c12. The Morgan fingerprint density at radius 3 is 2.71 bits per heavy atom. The van der Waals surface area contributed by atoms with E-state index in [0.717, 1.165) is 17.1 Å². The second-order valence-corrected chi connectivity index (χ2v) is 7.42. The molecule has 2 N–H and O–H groups in total. The van der Waals surface area contributed by atoms with Gasteiger partial charge in [0.25, 0.3) is 11.5 Å². The molecule has 0 spiro atoms. The number of benzene rings is 1. The number of aryl methyl sites for hydroxylation is 1. The molecule has 1 aromatic carbocycles. The van der Waals surface area contributed by atoms with Crippen LogP contribution in [0.25, 0.3) is 16.7 Å². The quantitative estimate of drug-likeness (QED) is 0.509. The number of pyridine rings is 1. The van der Waals surface area contributed by atoms with Crippen LogP contribution in [0.4, 0.5) is 4.39 Å². The highest BCUT2D eigenvalue weighted by molar-refractivity contribution is 5.95. The van der Waals surface area contributed by atoms with E-state index in [9.17, 15) is 18.8 Å². The molecule has 9 nitrogen and oxygen atoms in total. The molecule has 1 aliphatic rings. The first-order valence-electron chi connectivity index (χ1n) is 9.65. The lowest BCUT2D eigenvalue weighted by Crippen LogP contribution is -2.37. The highest BCUT2D eigenvalue weighted by atomic mass is 19.1. The molecular weight excluding hydrogens is 403 g/mol. The van der Waals surface area contributed by atoms with Gasteiger partial charge in [-0.3, -0.25) is 19.6 Å². The summed E-state index contributed by atoms with van der Waals surface area (Å²) in [5.74, 6) is -0.621. The molecule has 3 aromatic heterocycles. The van der Waals surface area contributed by atoms with Crippen LogP contribution >= 0.6 is 0 Å². The lowest BCUT2D eigenvalue weighted by atomic mass is 10.1. The maximum absolute atomic E-state index is 13.2. The predicted octanol–water partition coefficient (Wildman–Crippen LogP) is 1.44. The highest BCUT2D eigenvalue weighted by Gasteiger charge is 2.27. The Hall–Kier alpha value is -4.08. The van der Waals surface area contributed by atoms with Gasteiger partial charge in [0, 0.05) is 24.3 Å². The molecule has 0 unspecified atom stereocenters. The van der Waals surface area contributed by atoms with Crippen molar-refractivity contribution in [2.75, 3.05) is 6.54 Å². The number of carbonyl (C=O) groups excluding carboxylic acids is 1. The van der Waals surface area contributed by atoms with Gasteiger partial charge in [-0.15, -0.1) is 0 Å². The van der Waals surface area contributed by atoms with Crippen LogP contribution in [0.2, 0.25) is 0 Å². The molecule has 0 saturated carbocycles. The number of nitrogens with zero attached hydrogens (tertiary/aromatic N) is 4. The number of hydrogen-bond acceptors (Lipinski definition) is 5. The van der Waals surface area contributed by atoms with Gasteiger partial charge in [0.2, 0.25) is 0 Å². The van der Waals surface area contributed by atoms with Crippen LogP contribution in [0, 0.1) is 12.7 Å². The van der Waals surface area contributed by atoms with Gasteiger partial charge in [0.1, 0.15) is 17.2 Å². The number of fused-ring (bicyclic) bond motifs is 2. The number of aromatic amines is 2. The molecule has 5 rings (SSSR count). The Kier molecular flexibility index (Phi) is 4.28. The molecule has 4 heterocycles. The van der Waals surface area contributed by atoms with Crippen LogP contribution in [0.5, 0.6) is 0 Å². The van der Waals surface area contributed by atoms with E-state index in [0.29, 0.717) is 25.1 Å². The van der Waals surface area contributed by atoms with Crippen molar-refractivity contribution in [3.8, 4) is 5.69 Å². The van der Waals surface area contributed by atoms with Gasteiger partial charge in [-0.25, -0.2) is 19.2 Å². The second kappa shape index (κ2) is 7.01. The first-order valence-corrected chi connectivity index (χ1v) is 9.65. The zero-order chi connectivity index (χ0) is 21.7. The van der Waals surface area contributed by atoms with Crippen LogP contribution in [0.15, 0.2) is 46.2 Å². The smallest absolute Gasteiger partial charge is 0.327 e. The number of halogens is 1. The summed E-state index contributed by atoms with van der Waals surface area (Å²) in [7, 11) is 0. The number of nitrogens with one attached hydrogen (secondary N) is 2. The minimum Gasteiger partial charge on any atom is -0.331 e. The van der Waals surface area contributed by atoms with E-state index in [-0.39, 0.29) is 28.5 Å². The van der Waals surface area contributed by atoms with Crippen molar-refractivity contribution in [1.82, 2.24) is 29.4 Å². The number of aromatic nitrogens is 5. The number of rotatable bonds is 2. The standard InChI is InChI=1S/C21H17FN6O3/c1-11-8-14(24-18-17(11)19(29)26-21(31)25-18)20(30)27-7-6-16-15(9-27)23-10-28(16)13-4-2-12(22)3-5-13/h2-5,8,10H,6-7,9H2,1H3,(H2,24,25,26,29,31). The van der Waals surface area contributed by atoms with Crippen molar-refractivity contribution in [2.45, 2.75) is 19.9 Å². The zero-order valence-electron chi connectivity index (χ0n) is 16.5. The molecule has 156 valence electrons. The van der Waals surface area contributed by atoms with Crippen molar-refractivity contribution < 1.29 is 9.18 Å². The molecule has 0 bridgehead atoms. The number of amides is 1. The third kappa shape index (κ3) is 3.21. The number of imidazole rings is 1. The van der Waals surface area contributed by atoms with E-state index < -0.39 is 11.2 Å². The fraction of sp³-hybridized carbons (Fsp3) is 0.190. The number of H-pyrrole nitrogens is 2. The van der Waals surface area contributed by atoms with E-state index in [1.165, 1.54) is 12.1 Å². The predicted molar refractivity (Wildman–Crippen MR) is 110 cm³/mol. The van der Waals surface area contributed by atoms with Gasteiger partial charge in [-0.05, 0) is 42.8 Å². The monoisotopic (exact) mass is 420 g/mol. The van der Waals surface area contributed by atoms with Gasteiger partial charge in [0.05, 0.1) is 24.0 Å². The van der Waals surface area contributed by atoms with Gasteiger partial charge < -0.3 is 9.47 Å². The number of hydrogen-bond donors (Lipinski definition) is 2. The van der Waals surface area contributed by atoms with Crippen LogP contribution in [-0.2, 0) is 13.0 Å². The number of carbonyl (C=O) groups is 1.